The van der Waals surface area contributed by atoms with Crippen LogP contribution in [0.15, 0.2) is 12.2 Å². The van der Waals surface area contributed by atoms with Crippen LogP contribution in [0.25, 0.3) is 0 Å². The van der Waals surface area contributed by atoms with E-state index in [0.29, 0.717) is 26.2 Å². The SMILES string of the molecule is CN(C/C=C/C=O)CCOC=O. The molecular formula is C8H13NO3. The molecule has 0 bridgehead atoms. The Balaban J connectivity index is 3.32. The number of carbonyl (C=O) groups excluding carboxylic acids is 2. The molecule has 0 fully saturated rings. The summed E-state index contributed by atoms with van der Waals surface area (Å²) in [6.45, 7) is 2.16. The van der Waals surface area contributed by atoms with Gasteiger partial charge in [0.05, 0.1) is 0 Å². The molecule has 0 aromatic heterocycles. The molecular weight excluding hydrogens is 158 g/mol. The van der Waals surface area contributed by atoms with Crippen molar-refractivity contribution in [2.24, 2.45) is 0 Å². The first-order valence-electron chi connectivity index (χ1n) is 3.65. The molecule has 0 aromatic carbocycles. The number of hydrogen-bond acceptors (Lipinski definition) is 4. The van der Waals surface area contributed by atoms with Gasteiger partial charge in [0.15, 0.2) is 0 Å². The van der Waals surface area contributed by atoms with Crippen molar-refractivity contribution in [3.05, 3.63) is 12.2 Å². The third kappa shape index (κ3) is 6.95. The van der Waals surface area contributed by atoms with Gasteiger partial charge in [-0.15, -0.1) is 0 Å². The van der Waals surface area contributed by atoms with Crippen LogP contribution >= 0.6 is 0 Å². The van der Waals surface area contributed by atoms with Gasteiger partial charge in [-0.05, 0) is 13.1 Å². The van der Waals surface area contributed by atoms with E-state index in [-0.39, 0.29) is 0 Å². The summed E-state index contributed by atoms with van der Waals surface area (Å²) in [4.78, 5) is 21.6. The summed E-state index contributed by atoms with van der Waals surface area (Å²) in [6.07, 6.45) is 3.92. The summed E-state index contributed by atoms with van der Waals surface area (Å²) in [5.74, 6) is 0. The minimum Gasteiger partial charge on any atom is -0.467 e. The van der Waals surface area contributed by atoms with E-state index >= 15 is 0 Å². The summed E-state index contributed by atoms with van der Waals surface area (Å²) in [6, 6.07) is 0. The molecule has 68 valence electrons. The van der Waals surface area contributed by atoms with Crippen LogP contribution in [0.3, 0.4) is 0 Å². The quantitative estimate of drug-likeness (QED) is 0.303. The Labute approximate surface area is 71.8 Å². The maximum atomic E-state index is 9.87. The zero-order valence-corrected chi connectivity index (χ0v) is 7.10. The molecule has 4 heteroatoms. The average molecular weight is 171 g/mol. The van der Waals surface area contributed by atoms with Crippen LogP contribution in [0, 0.1) is 0 Å². The van der Waals surface area contributed by atoms with Gasteiger partial charge < -0.3 is 4.74 Å². The van der Waals surface area contributed by atoms with Gasteiger partial charge in [0.1, 0.15) is 12.9 Å². The minimum absolute atomic E-state index is 0.384. The van der Waals surface area contributed by atoms with Crippen molar-refractivity contribution in [2.45, 2.75) is 0 Å². The lowest BCUT2D eigenvalue weighted by atomic mass is 10.4. The Morgan fingerprint density at radius 1 is 1.42 bits per heavy atom. The van der Waals surface area contributed by atoms with E-state index < -0.39 is 0 Å². The summed E-state index contributed by atoms with van der Waals surface area (Å²) >= 11 is 0. The number of hydrogen-bond donors (Lipinski definition) is 0. The highest BCUT2D eigenvalue weighted by molar-refractivity contribution is 5.64. The van der Waals surface area contributed by atoms with Crippen molar-refractivity contribution in [2.75, 3.05) is 26.7 Å². The third-order valence-corrected chi connectivity index (χ3v) is 1.29. The van der Waals surface area contributed by atoms with Crippen molar-refractivity contribution in [3.8, 4) is 0 Å². The number of ether oxygens (including phenoxy) is 1. The van der Waals surface area contributed by atoms with Crippen LogP contribution in [0.1, 0.15) is 0 Å². The zero-order valence-electron chi connectivity index (χ0n) is 7.10. The van der Waals surface area contributed by atoms with Crippen LogP contribution in [-0.4, -0.2) is 44.4 Å². The molecule has 0 saturated carbocycles. The van der Waals surface area contributed by atoms with Crippen LogP contribution in [0.4, 0.5) is 0 Å². The molecule has 0 N–H and O–H groups in total. The van der Waals surface area contributed by atoms with Crippen molar-refractivity contribution in [3.63, 3.8) is 0 Å². The van der Waals surface area contributed by atoms with Gasteiger partial charge in [0.25, 0.3) is 6.47 Å². The first kappa shape index (κ1) is 10.8. The highest BCUT2D eigenvalue weighted by Crippen LogP contribution is 1.82. The Morgan fingerprint density at radius 3 is 2.75 bits per heavy atom. The number of aldehydes is 1. The van der Waals surface area contributed by atoms with Crippen LogP contribution in [0.5, 0.6) is 0 Å². The topological polar surface area (TPSA) is 46.6 Å². The lowest BCUT2D eigenvalue weighted by Crippen LogP contribution is -2.23. The van der Waals surface area contributed by atoms with Crippen LogP contribution < -0.4 is 0 Å². The highest BCUT2D eigenvalue weighted by atomic mass is 16.5. The van der Waals surface area contributed by atoms with Crippen LogP contribution in [0.2, 0.25) is 0 Å². The van der Waals surface area contributed by atoms with Gasteiger partial charge in [0.2, 0.25) is 0 Å². The Hall–Kier alpha value is -1.16. The molecule has 0 amide bonds. The summed E-state index contributed by atoms with van der Waals surface area (Å²) < 4.78 is 4.49. The standard InChI is InChI=1S/C8H13NO3/c1-9(4-2-3-6-10)5-7-12-8-11/h2-3,6,8H,4-5,7H2,1H3/b3-2+. The third-order valence-electron chi connectivity index (χ3n) is 1.29. The van der Waals surface area contributed by atoms with E-state index in [9.17, 15) is 9.59 Å². The summed E-state index contributed by atoms with van der Waals surface area (Å²) in [5, 5.41) is 0. The molecule has 0 radical (unpaired) electrons. The molecule has 0 rings (SSSR count). The summed E-state index contributed by atoms with van der Waals surface area (Å²) in [7, 11) is 1.88. The number of rotatable bonds is 7. The molecule has 12 heavy (non-hydrogen) atoms. The van der Waals surface area contributed by atoms with Crippen molar-refractivity contribution < 1.29 is 14.3 Å². The predicted octanol–water partition coefficient (Wildman–Crippen LogP) is -0.154. The lowest BCUT2D eigenvalue weighted by Gasteiger charge is -2.12. The Morgan fingerprint density at radius 2 is 2.17 bits per heavy atom. The smallest absolute Gasteiger partial charge is 0.293 e. The molecule has 4 nitrogen and oxygen atoms in total. The number of carbonyl (C=O) groups is 2. The van der Waals surface area contributed by atoms with Crippen LogP contribution in [-0.2, 0) is 14.3 Å². The van der Waals surface area contributed by atoms with Gasteiger partial charge >= 0.3 is 0 Å². The number of allylic oxidation sites excluding steroid dienone is 1. The fourth-order valence-electron chi connectivity index (χ4n) is 0.644. The highest BCUT2D eigenvalue weighted by Gasteiger charge is 1.93. The fraction of sp³-hybridized carbons (Fsp3) is 0.500. The van der Waals surface area contributed by atoms with E-state index in [1.165, 1.54) is 6.08 Å². The van der Waals surface area contributed by atoms with Gasteiger partial charge in [-0.25, -0.2) is 0 Å². The summed E-state index contributed by atoms with van der Waals surface area (Å²) in [5.41, 5.74) is 0. The van der Waals surface area contributed by atoms with Gasteiger partial charge in [0, 0.05) is 13.1 Å². The van der Waals surface area contributed by atoms with Gasteiger partial charge in [-0.2, -0.15) is 0 Å². The predicted molar refractivity (Wildman–Crippen MR) is 44.7 cm³/mol. The molecule has 0 atom stereocenters. The Kier molecular flexibility index (Phi) is 7.17. The Bertz CT molecular complexity index is 156. The second-order valence-corrected chi connectivity index (χ2v) is 2.29. The van der Waals surface area contributed by atoms with Crippen molar-refractivity contribution in [1.82, 2.24) is 4.90 Å². The molecule has 0 aliphatic carbocycles. The van der Waals surface area contributed by atoms with E-state index in [1.807, 2.05) is 11.9 Å². The first-order valence-corrected chi connectivity index (χ1v) is 3.65. The van der Waals surface area contributed by atoms with E-state index in [4.69, 9.17) is 0 Å². The average Bonchev–Trinajstić information content (AvgIpc) is 2.06. The molecule has 0 aromatic rings. The molecule has 0 aliphatic rings. The second kappa shape index (κ2) is 7.94. The molecule has 0 saturated heterocycles. The maximum Gasteiger partial charge on any atom is 0.293 e. The zero-order chi connectivity index (χ0) is 9.23. The number of likely N-dealkylation sites (N-methyl/N-ethyl adjacent to an activating group) is 1. The van der Waals surface area contributed by atoms with Gasteiger partial charge in [-0.1, -0.05) is 6.08 Å². The minimum atomic E-state index is 0.384. The van der Waals surface area contributed by atoms with E-state index in [2.05, 4.69) is 4.74 Å². The molecule has 0 unspecified atom stereocenters. The van der Waals surface area contributed by atoms with Gasteiger partial charge in [-0.3, -0.25) is 14.5 Å². The molecule has 0 spiro atoms. The fourth-order valence-corrected chi connectivity index (χ4v) is 0.644. The first-order chi connectivity index (χ1) is 5.81. The van der Waals surface area contributed by atoms with Crippen molar-refractivity contribution >= 4 is 12.8 Å². The molecule has 0 aliphatic heterocycles. The van der Waals surface area contributed by atoms with E-state index in [1.54, 1.807) is 6.08 Å². The lowest BCUT2D eigenvalue weighted by molar-refractivity contribution is -0.129. The monoisotopic (exact) mass is 171 g/mol. The largest absolute Gasteiger partial charge is 0.467 e. The molecule has 0 heterocycles. The second-order valence-electron chi connectivity index (χ2n) is 2.29. The normalized spacial score (nSPS) is 10.5. The van der Waals surface area contributed by atoms with E-state index in [0.717, 1.165) is 6.29 Å². The van der Waals surface area contributed by atoms with Crippen molar-refractivity contribution in [1.29, 1.82) is 0 Å². The number of nitrogens with zero attached hydrogens (tertiary/aromatic N) is 1. The maximum absolute atomic E-state index is 9.87.